The van der Waals surface area contributed by atoms with Crippen LogP contribution in [0.25, 0.3) is 0 Å². The van der Waals surface area contributed by atoms with Crippen LogP contribution < -0.4 is 5.32 Å². The summed E-state index contributed by atoms with van der Waals surface area (Å²) in [7, 11) is 0. The molecular weight excluding hydrogens is 416 g/mol. The number of hydrogen-bond donors (Lipinski definition) is 1. The lowest BCUT2D eigenvalue weighted by Gasteiger charge is -2.20. The van der Waals surface area contributed by atoms with Gasteiger partial charge in [-0.15, -0.1) is 0 Å². The molecule has 6 heteroatoms. The van der Waals surface area contributed by atoms with Gasteiger partial charge >= 0.3 is 0 Å². The van der Waals surface area contributed by atoms with Crippen molar-refractivity contribution in [3.63, 3.8) is 0 Å². The van der Waals surface area contributed by atoms with E-state index < -0.39 is 0 Å². The maximum Gasteiger partial charge on any atom is 0.261 e. The van der Waals surface area contributed by atoms with Crippen LogP contribution in [0.2, 0.25) is 0 Å². The number of amides is 3. The van der Waals surface area contributed by atoms with Crippen LogP contribution in [0.5, 0.6) is 0 Å². The highest BCUT2D eigenvalue weighted by Crippen LogP contribution is 2.27. The lowest BCUT2D eigenvalue weighted by Crippen LogP contribution is -2.36. The molecule has 0 aromatic heterocycles. The summed E-state index contributed by atoms with van der Waals surface area (Å²) in [4.78, 5) is 40.2. The minimum absolute atomic E-state index is 0.118. The average Bonchev–Trinajstić information content (AvgIpc) is 3.46. The van der Waals surface area contributed by atoms with E-state index in [-0.39, 0.29) is 42.0 Å². The summed E-state index contributed by atoms with van der Waals surface area (Å²) in [5.74, 6) is -1.01. The van der Waals surface area contributed by atoms with Crippen LogP contribution in [0.1, 0.15) is 61.1 Å². The van der Waals surface area contributed by atoms with E-state index in [2.05, 4.69) is 5.32 Å². The van der Waals surface area contributed by atoms with Gasteiger partial charge in [-0.1, -0.05) is 60.7 Å². The highest BCUT2D eigenvalue weighted by molar-refractivity contribution is 6.22. The van der Waals surface area contributed by atoms with Crippen molar-refractivity contribution < 1.29 is 19.1 Å². The third-order valence-electron chi connectivity index (χ3n) is 6.18. The Morgan fingerprint density at radius 2 is 1.55 bits per heavy atom. The van der Waals surface area contributed by atoms with Gasteiger partial charge in [0.1, 0.15) is 0 Å². The fraction of sp³-hybridized carbons (Fsp3) is 0.222. The predicted molar refractivity (Wildman–Crippen MR) is 123 cm³/mol. The molecule has 2 heterocycles. The lowest BCUT2D eigenvalue weighted by atomic mass is 9.98. The van der Waals surface area contributed by atoms with Gasteiger partial charge in [-0.25, -0.2) is 0 Å². The Labute approximate surface area is 192 Å². The molecule has 0 aliphatic carbocycles. The molecule has 1 saturated heterocycles. The van der Waals surface area contributed by atoms with Crippen LogP contribution >= 0.6 is 0 Å². The van der Waals surface area contributed by atoms with Crippen LogP contribution in [0.4, 0.5) is 0 Å². The molecule has 166 valence electrons. The number of nitrogens with one attached hydrogen (secondary N) is 1. The van der Waals surface area contributed by atoms with Crippen LogP contribution in [0.15, 0.2) is 78.9 Å². The Hall–Kier alpha value is -3.77. The minimum Gasteiger partial charge on any atom is -0.376 e. The maximum atomic E-state index is 13.2. The Balaban J connectivity index is 1.39. The van der Waals surface area contributed by atoms with E-state index in [1.807, 2.05) is 60.7 Å². The molecule has 1 fully saturated rings. The summed E-state index contributed by atoms with van der Waals surface area (Å²) in [5.41, 5.74) is 2.84. The number of hydrogen-bond acceptors (Lipinski definition) is 4. The van der Waals surface area contributed by atoms with Gasteiger partial charge in [0.05, 0.1) is 29.8 Å². The summed E-state index contributed by atoms with van der Waals surface area (Å²) in [6.45, 7) is 0.903. The first kappa shape index (κ1) is 21.1. The number of ether oxygens (including phenoxy) is 1. The zero-order valence-corrected chi connectivity index (χ0v) is 18.1. The second-order valence-corrected chi connectivity index (χ2v) is 8.34. The molecule has 3 aromatic rings. The smallest absolute Gasteiger partial charge is 0.261 e. The van der Waals surface area contributed by atoms with Crippen molar-refractivity contribution in [2.45, 2.75) is 25.0 Å². The van der Waals surface area contributed by atoms with Crippen LogP contribution in [-0.4, -0.2) is 41.9 Å². The number of carbonyl (C=O) groups excluding carboxylic acids is 3. The van der Waals surface area contributed by atoms with Crippen LogP contribution in [0.3, 0.4) is 0 Å². The van der Waals surface area contributed by atoms with Gasteiger partial charge in [0, 0.05) is 12.2 Å². The number of nitrogens with zero attached hydrogens (tertiary/aromatic N) is 1. The van der Waals surface area contributed by atoms with Gasteiger partial charge in [0.25, 0.3) is 17.7 Å². The summed E-state index contributed by atoms with van der Waals surface area (Å²) >= 11 is 0. The van der Waals surface area contributed by atoms with E-state index in [4.69, 9.17) is 4.74 Å². The third kappa shape index (κ3) is 4.17. The number of imide groups is 1. The second-order valence-electron chi connectivity index (χ2n) is 8.34. The van der Waals surface area contributed by atoms with Gasteiger partial charge in [-0.05, 0) is 42.2 Å². The first-order valence-electron chi connectivity index (χ1n) is 11.1. The molecule has 0 saturated carbocycles. The Morgan fingerprint density at radius 3 is 2.15 bits per heavy atom. The van der Waals surface area contributed by atoms with E-state index in [0.717, 1.165) is 24.0 Å². The summed E-state index contributed by atoms with van der Waals surface area (Å²) in [5, 5.41) is 3.08. The highest BCUT2D eigenvalue weighted by atomic mass is 16.5. The summed E-state index contributed by atoms with van der Waals surface area (Å²) in [6, 6.07) is 23.8. The maximum absolute atomic E-state index is 13.2. The molecular formula is C27H24N2O4. The van der Waals surface area contributed by atoms with Crippen LogP contribution in [0, 0.1) is 0 Å². The molecule has 0 bridgehead atoms. The van der Waals surface area contributed by atoms with E-state index in [9.17, 15) is 14.4 Å². The van der Waals surface area contributed by atoms with Gasteiger partial charge in [-0.2, -0.15) is 0 Å². The molecule has 0 radical (unpaired) electrons. The van der Waals surface area contributed by atoms with E-state index in [1.165, 1.54) is 11.0 Å². The highest BCUT2D eigenvalue weighted by Gasteiger charge is 2.38. The van der Waals surface area contributed by atoms with Crippen molar-refractivity contribution in [3.05, 3.63) is 107 Å². The first-order chi connectivity index (χ1) is 16.1. The largest absolute Gasteiger partial charge is 0.376 e. The molecule has 0 spiro atoms. The van der Waals surface area contributed by atoms with Crippen LogP contribution in [-0.2, 0) is 4.74 Å². The minimum atomic E-state index is -0.372. The normalized spacial score (nSPS) is 17.5. The fourth-order valence-electron chi connectivity index (χ4n) is 4.45. The lowest BCUT2D eigenvalue weighted by molar-refractivity contribution is 0.0475. The number of fused-ring (bicyclic) bond motifs is 1. The summed E-state index contributed by atoms with van der Waals surface area (Å²) < 4.78 is 5.59. The van der Waals surface area contributed by atoms with Crippen molar-refractivity contribution in [2.75, 3.05) is 13.2 Å². The molecule has 1 unspecified atom stereocenters. The van der Waals surface area contributed by atoms with E-state index >= 15 is 0 Å². The first-order valence-corrected chi connectivity index (χ1v) is 11.1. The van der Waals surface area contributed by atoms with Gasteiger partial charge in [0.2, 0.25) is 0 Å². The second kappa shape index (κ2) is 9.00. The van der Waals surface area contributed by atoms with Crippen molar-refractivity contribution in [1.82, 2.24) is 10.2 Å². The molecule has 5 rings (SSSR count). The molecule has 1 atom stereocenters. The van der Waals surface area contributed by atoms with Crippen molar-refractivity contribution >= 4 is 17.7 Å². The van der Waals surface area contributed by atoms with Crippen molar-refractivity contribution in [3.8, 4) is 0 Å². The third-order valence-corrected chi connectivity index (χ3v) is 6.18. The molecule has 1 N–H and O–H groups in total. The topological polar surface area (TPSA) is 75.7 Å². The Bertz CT molecular complexity index is 1150. The van der Waals surface area contributed by atoms with E-state index in [0.29, 0.717) is 17.7 Å². The quantitative estimate of drug-likeness (QED) is 0.589. The zero-order valence-electron chi connectivity index (χ0n) is 18.1. The zero-order chi connectivity index (χ0) is 22.8. The monoisotopic (exact) mass is 440 g/mol. The van der Waals surface area contributed by atoms with Gasteiger partial charge in [0.15, 0.2) is 0 Å². The molecule has 6 nitrogen and oxygen atoms in total. The Kier molecular flexibility index (Phi) is 5.75. The van der Waals surface area contributed by atoms with Gasteiger partial charge in [-0.3, -0.25) is 19.3 Å². The van der Waals surface area contributed by atoms with Crippen molar-refractivity contribution in [1.29, 1.82) is 0 Å². The molecule has 2 aliphatic rings. The standard InChI is InChI=1S/C27H24N2O4/c30-25(28-24(18-8-3-1-4-9-18)19-10-5-2-6-11-19)20-13-14-22-23(16-20)27(32)29(26(22)31)17-21-12-7-15-33-21/h1-6,8-11,13-14,16,21,24H,7,12,15,17H2,(H,28,30). The number of carbonyl (C=O) groups is 3. The molecule has 3 aromatic carbocycles. The summed E-state index contributed by atoms with van der Waals surface area (Å²) in [6.07, 6.45) is 1.65. The SMILES string of the molecule is O=C(NC(c1ccccc1)c1ccccc1)c1ccc2c(c1)C(=O)N(CC1CCCO1)C2=O. The van der Waals surface area contributed by atoms with E-state index in [1.54, 1.807) is 12.1 Å². The molecule has 33 heavy (non-hydrogen) atoms. The number of rotatable bonds is 6. The molecule has 3 amide bonds. The Morgan fingerprint density at radius 1 is 0.909 bits per heavy atom. The fourth-order valence-corrected chi connectivity index (χ4v) is 4.45. The van der Waals surface area contributed by atoms with Crippen molar-refractivity contribution in [2.24, 2.45) is 0 Å². The number of benzene rings is 3. The predicted octanol–water partition coefficient (Wildman–Crippen LogP) is 3.98. The van der Waals surface area contributed by atoms with Gasteiger partial charge < -0.3 is 10.1 Å². The average molecular weight is 440 g/mol. The molecule has 2 aliphatic heterocycles.